The van der Waals surface area contributed by atoms with Gasteiger partial charge in [0.2, 0.25) is 0 Å². The van der Waals surface area contributed by atoms with Crippen molar-refractivity contribution in [3.05, 3.63) is 0 Å². The second kappa shape index (κ2) is 6.99. The third-order valence-electron chi connectivity index (χ3n) is 5.10. The summed E-state index contributed by atoms with van der Waals surface area (Å²) >= 11 is 2.18. The Kier molecular flexibility index (Phi) is 5.29. The minimum Gasteiger partial charge on any atom is -0.347 e. The first-order chi connectivity index (χ1) is 9.81. The van der Waals surface area contributed by atoms with Gasteiger partial charge in [0, 0.05) is 24.1 Å². The Bertz CT molecular complexity index is 301. The summed E-state index contributed by atoms with van der Waals surface area (Å²) < 4.78 is 11.9. The fourth-order valence-corrected chi connectivity index (χ4v) is 5.67. The Hall–Kier alpha value is 0.230. The molecule has 3 nitrogen and oxygen atoms in total. The molecule has 1 heterocycles. The standard InChI is InChI=1S/C16H29NO2S/c1-2-17-14-7-8-16(18-9-10-19-16)11-15(14)20-12-13-5-3-4-6-13/h13-15,17H,2-12H2,1H3. The minimum absolute atomic E-state index is 0.237. The van der Waals surface area contributed by atoms with Gasteiger partial charge in [-0.1, -0.05) is 19.8 Å². The largest absolute Gasteiger partial charge is 0.347 e. The lowest BCUT2D eigenvalue weighted by molar-refractivity contribution is -0.178. The third kappa shape index (κ3) is 3.52. The molecule has 3 fully saturated rings. The molecule has 116 valence electrons. The number of hydrogen-bond acceptors (Lipinski definition) is 4. The quantitative estimate of drug-likeness (QED) is 0.844. The first-order valence-corrected chi connectivity index (χ1v) is 9.49. The molecule has 2 saturated carbocycles. The van der Waals surface area contributed by atoms with Crippen LogP contribution in [0.1, 0.15) is 51.9 Å². The average Bonchev–Trinajstić information content (AvgIpc) is 3.12. The molecule has 1 N–H and O–H groups in total. The summed E-state index contributed by atoms with van der Waals surface area (Å²) in [4.78, 5) is 0. The van der Waals surface area contributed by atoms with Gasteiger partial charge >= 0.3 is 0 Å². The van der Waals surface area contributed by atoms with Crippen LogP contribution in [0.4, 0.5) is 0 Å². The fourth-order valence-electron chi connectivity index (χ4n) is 3.98. The molecule has 3 aliphatic rings. The van der Waals surface area contributed by atoms with E-state index in [1.54, 1.807) is 0 Å². The van der Waals surface area contributed by atoms with Crippen molar-refractivity contribution >= 4 is 11.8 Å². The van der Waals surface area contributed by atoms with E-state index >= 15 is 0 Å². The summed E-state index contributed by atoms with van der Waals surface area (Å²) in [6, 6.07) is 0.643. The van der Waals surface area contributed by atoms with E-state index < -0.39 is 0 Å². The topological polar surface area (TPSA) is 30.5 Å². The third-order valence-corrected chi connectivity index (χ3v) is 6.69. The van der Waals surface area contributed by atoms with Crippen LogP contribution in [0, 0.1) is 5.92 Å². The summed E-state index contributed by atoms with van der Waals surface area (Å²) in [7, 11) is 0. The van der Waals surface area contributed by atoms with Crippen LogP contribution in [0.15, 0.2) is 0 Å². The average molecular weight is 299 g/mol. The van der Waals surface area contributed by atoms with Crippen molar-refractivity contribution in [2.24, 2.45) is 5.92 Å². The number of ether oxygens (including phenoxy) is 2. The molecular formula is C16H29NO2S. The van der Waals surface area contributed by atoms with E-state index in [1.165, 1.54) is 37.9 Å². The van der Waals surface area contributed by atoms with Gasteiger partial charge in [0.1, 0.15) is 0 Å². The van der Waals surface area contributed by atoms with E-state index in [0.29, 0.717) is 11.3 Å². The van der Waals surface area contributed by atoms with Crippen LogP contribution in [0.3, 0.4) is 0 Å². The van der Waals surface area contributed by atoms with Gasteiger partial charge in [-0.05, 0) is 37.5 Å². The Morgan fingerprint density at radius 3 is 2.60 bits per heavy atom. The van der Waals surface area contributed by atoms with Crippen molar-refractivity contribution in [2.45, 2.75) is 68.9 Å². The predicted molar refractivity (Wildman–Crippen MR) is 84.2 cm³/mol. The molecule has 0 radical (unpaired) electrons. The summed E-state index contributed by atoms with van der Waals surface area (Å²) in [5.41, 5.74) is 0. The molecule has 1 aliphatic heterocycles. The second-order valence-corrected chi connectivity index (χ2v) is 7.81. The van der Waals surface area contributed by atoms with Gasteiger partial charge in [-0.15, -0.1) is 0 Å². The van der Waals surface area contributed by atoms with Crippen LogP contribution < -0.4 is 5.32 Å². The lowest BCUT2D eigenvalue weighted by atomic mass is 9.89. The molecule has 3 rings (SSSR count). The summed E-state index contributed by atoms with van der Waals surface area (Å²) in [6.07, 6.45) is 9.11. The fraction of sp³-hybridized carbons (Fsp3) is 1.00. The van der Waals surface area contributed by atoms with E-state index in [-0.39, 0.29) is 5.79 Å². The van der Waals surface area contributed by atoms with Crippen LogP contribution in [-0.2, 0) is 9.47 Å². The van der Waals surface area contributed by atoms with Crippen LogP contribution in [0.25, 0.3) is 0 Å². The SMILES string of the molecule is CCNC1CCC2(CC1SCC1CCCC1)OCCO2. The lowest BCUT2D eigenvalue weighted by Crippen LogP contribution is -2.49. The van der Waals surface area contributed by atoms with Crippen LogP contribution in [0.5, 0.6) is 0 Å². The maximum Gasteiger partial charge on any atom is 0.169 e. The normalized spacial score (nSPS) is 34.0. The van der Waals surface area contributed by atoms with Crippen molar-refractivity contribution in [3.63, 3.8) is 0 Å². The van der Waals surface area contributed by atoms with Crippen molar-refractivity contribution in [3.8, 4) is 0 Å². The Balaban J connectivity index is 1.56. The number of nitrogens with one attached hydrogen (secondary N) is 1. The van der Waals surface area contributed by atoms with Crippen molar-refractivity contribution in [1.29, 1.82) is 0 Å². The number of thioether (sulfide) groups is 1. The van der Waals surface area contributed by atoms with Crippen LogP contribution in [-0.4, -0.2) is 42.6 Å². The number of rotatable bonds is 5. The molecule has 2 atom stereocenters. The van der Waals surface area contributed by atoms with Crippen molar-refractivity contribution < 1.29 is 9.47 Å². The monoisotopic (exact) mass is 299 g/mol. The van der Waals surface area contributed by atoms with Gasteiger partial charge in [0.05, 0.1) is 13.2 Å². The predicted octanol–water partition coefficient (Wildman–Crippen LogP) is 3.18. The summed E-state index contributed by atoms with van der Waals surface area (Å²) in [5, 5.41) is 4.34. The highest BCUT2D eigenvalue weighted by Gasteiger charge is 2.45. The van der Waals surface area contributed by atoms with Crippen LogP contribution in [0.2, 0.25) is 0 Å². The van der Waals surface area contributed by atoms with E-state index in [0.717, 1.165) is 38.5 Å². The molecule has 1 saturated heterocycles. The molecule has 0 aromatic rings. The maximum atomic E-state index is 5.95. The first-order valence-electron chi connectivity index (χ1n) is 8.44. The van der Waals surface area contributed by atoms with Gasteiger partial charge in [-0.25, -0.2) is 0 Å². The van der Waals surface area contributed by atoms with E-state index in [2.05, 4.69) is 24.0 Å². The highest BCUT2D eigenvalue weighted by molar-refractivity contribution is 7.99. The molecule has 0 bridgehead atoms. The highest BCUT2D eigenvalue weighted by Crippen LogP contribution is 2.41. The van der Waals surface area contributed by atoms with Gasteiger partial charge in [0.15, 0.2) is 5.79 Å². The summed E-state index contributed by atoms with van der Waals surface area (Å²) in [5.74, 6) is 2.06. The van der Waals surface area contributed by atoms with E-state index in [9.17, 15) is 0 Å². The zero-order chi connectivity index (χ0) is 13.8. The molecule has 2 unspecified atom stereocenters. The van der Waals surface area contributed by atoms with Crippen molar-refractivity contribution in [2.75, 3.05) is 25.5 Å². The Morgan fingerprint density at radius 1 is 1.15 bits per heavy atom. The van der Waals surface area contributed by atoms with Gasteiger partial charge in [-0.3, -0.25) is 0 Å². The Labute approximate surface area is 127 Å². The molecular weight excluding hydrogens is 270 g/mol. The molecule has 0 aromatic carbocycles. The molecule has 1 spiro atoms. The Morgan fingerprint density at radius 2 is 1.90 bits per heavy atom. The second-order valence-electron chi connectivity index (χ2n) is 6.54. The summed E-state index contributed by atoms with van der Waals surface area (Å²) in [6.45, 7) is 4.85. The van der Waals surface area contributed by atoms with Crippen LogP contribution >= 0.6 is 11.8 Å². The molecule has 0 amide bonds. The smallest absolute Gasteiger partial charge is 0.169 e. The molecule has 2 aliphatic carbocycles. The molecule has 4 heteroatoms. The molecule has 0 aromatic heterocycles. The zero-order valence-corrected chi connectivity index (χ0v) is 13.6. The van der Waals surface area contributed by atoms with Gasteiger partial charge in [0.25, 0.3) is 0 Å². The van der Waals surface area contributed by atoms with E-state index in [1.807, 2.05) is 0 Å². The van der Waals surface area contributed by atoms with Gasteiger partial charge in [-0.2, -0.15) is 11.8 Å². The number of hydrogen-bond donors (Lipinski definition) is 1. The highest BCUT2D eigenvalue weighted by atomic mass is 32.2. The lowest BCUT2D eigenvalue weighted by Gasteiger charge is -2.41. The minimum atomic E-state index is -0.237. The van der Waals surface area contributed by atoms with E-state index in [4.69, 9.17) is 9.47 Å². The van der Waals surface area contributed by atoms with Crippen molar-refractivity contribution in [1.82, 2.24) is 5.32 Å². The maximum absolute atomic E-state index is 5.95. The molecule has 20 heavy (non-hydrogen) atoms. The van der Waals surface area contributed by atoms with Gasteiger partial charge < -0.3 is 14.8 Å². The zero-order valence-electron chi connectivity index (χ0n) is 12.7. The first kappa shape index (κ1) is 15.1.